The summed E-state index contributed by atoms with van der Waals surface area (Å²) in [4.78, 5) is 4.56. The molecule has 1 N–H and O–H groups in total. The van der Waals surface area contributed by atoms with Crippen LogP contribution >= 0.6 is 69.6 Å². The average Bonchev–Trinajstić information content (AvgIpc) is 2.87. The molecule has 0 radical (unpaired) electrons. The molecule has 0 aromatic heterocycles. The van der Waals surface area contributed by atoms with Crippen molar-refractivity contribution in [1.29, 1.82) is 0 Å². The molecule has 11 heteroatoms. The van der Waals surface area contributed by atoms with Gasteiger partial charge in [-0.05, 0) is 32.8 Å². The Hall–Kier alpha value is 0.830. The minimum absolute atomic E-state index is 0.132. The van der Waals surface area contributed by atoms with Crippen molar-refractivity contribution < 1.29 is 19.3 Å². The van der Waals surface area contributed by atoms with Crippen molar-refractivity contribution in [2.75, 3.05) is 26.4 Å². The van der Waals surface area contributed by atoms with Gasteiger partial charge in [-0.15, -0.1) is 0 Å². The number of aliphatic hydroxyl groups excluding tert-OH is 1. The van der Waals surface area contributed by atoms with Gasteiger partial charge in [-0.25, -0.2) is 4.99 Å². The number of rotatable bonds is 9. The third-order valence-corrected chi connectivity index (χ3v) is 4.13. The maximum Gasteiger partial charge on any atom is 0.213 e. The molecule has 0 atom stereocenters. The number of hydrogen-bond donors (Lipinski definition) is 1. The largest absolute Gasteiger partial charge is 0.475 e. The van der Waals surface area contributed by atoms with Crippen LogP contribution in [0, 0.1) is 0 Å². The van der Waals surface area contributed by atoms with Crippen molar-refractivity contribution in [2.45, 2.75) is 53.0 Å². The van der Waals surface area contributed by atoms with E-state index < -0.39 is 13.9 Å². The first kappa shape index (κ1) is 25.9. The second kappa shape index (κ2) is 10.7. The minimum Gasteiger partial charge on any atom is -0.475 e. The lowest BCUT2D eigenvalue weighted by Crippen LogP contribution is -2.27. The van der Waals surface area contributed by atoms with Crippen molar-refractivity contribution in [3.63, 3.8) is 0 Å². The molecule has 0 amide bonds. The zero-order chi connectivity index (χ0) is 20.9. The summed E-state index contributed by atoms with van der Waals surface area (Å²) < 4.78 is 13.5. The van der Waals surface area contributed by atoms with E-state index in [2.05, 4.69) is 4.99 Å². The van der Waals surface area contributed by atoms with Crippen LogP contribution in [0.3, 0.4) is 0 Å². The number of aliphatic imine (C=N–C) groups is 1. The van der Waals surface area contributed by atoms with Crippen LogP contribution in [-0.4, -0.2) is 56.8 Å². The summed E-state index contributed by atoms with van der Waals surface area (Å²) in [5, 5.41) is 9.55. The quantitative estimate of drug-likeness (QED) is 0.337. The Kier molecular flexibility index (Phi) is 10.3. The van der Waals surface area contributed by atoms with Crippen LogP contribution in [0.25, 0.3) is 0 Å². The highest BCUT2D eigenvalue weighted by molar-refractivity contribution is 6.68. The third-order valence-electron chi connectivity index (χ3n) is 3.47. The van der Waals surface area contributed by atoms with Crippen molar-refractivity contribution in [3.8, 4) is 0 Å². The fraction of sp³-hybridized carbons (Fsp3) is 0.812. The van der Waals surface area contributed by atoms with Gasteiger partial charge in [0.2, 0.25) is 13.5 Å². The normalized spacial score (nSPS) is 18.4. The van der Waals surface area contributed by atoms with Crippen molar-refractivity contribution in [3.05, 3.63) is 11.1 Å². The summed E-state index contributed by atoms with van der Waals surface area (Å²) in [6, 6.07) is 0. The molecule has 0 bridgehead atoms. The SMILES string of the molecule is C/C(CO)=C(\CCC(OCC(Cl)(Cl)Cl)OCC(Cl)(Cl)Cl)C1=NC(C)(C)CO1. The van der Waals surface area contributed by atoms with Crippen LogP contribution in [0.1, 0.15) is 33.6 Å². The first-order chi connectivity index (χ1) is 12.2. The molecule has 0 aliphatic carbocycles. The topological polar surface area (TPSA) is 60.3 Å². The van der Waals surface area contributed by atoms with Crippen molar-refractivity contribution >= 4 is 75.5 Å². The molecule has 1 aliphatic heterocycles. The van der Waals surface area contributed by atoms with Crippen LogP contribution < -0.4 is 0 Å². The van der Waals surface area contributed by atoms with Gasteiger partial charge in [0.15, 0.2) is 6.29 Å². The van der Waals surface area contributed by atoms with Gasteiger partial charge in [0.05, 0.1) is 25.4 Å². The van der Waals surface area contributed by atoms with E-state index in [-0.39, 0.29) is 25.4 Å². The molecule has 1 aliphatic rings. The van der Waals surface area contributed by atoms with Crippen LogP contribution in [0.4, 0.5) is 0 Å². The maximum absolute atomic E-state index is 9.55. The average molecular weight is 506 g/mol. The third kappa shape index (κ3) is 11.0. The standard InChI is InChI=1S/C16H23Cl6NO4/c1-10(6-24)11(13-23-14(2,3)7-27-13)4-5-12(25-8-15(17,18)19)26-9-16(20,21)22/h12,24H,4-9H2,1-3H3/b11-10-. The molecule has 0 saturated carbocycles. The highest BCUT2D eigenvalue weighted by atomic mass is 35.6. The fourth-order valence-electron chi connectivity index (χ4n) is 2.19. The van der Waals surface area contributed by atoms with Gasteiger partial charge in [0.1, 0.15) is 6.61 Å². The fourth-order valence-corrected chi connectivity index (χ4v) is 2.57. The highest BCUT2D eigenvalue weighted by Gasteiger charge is 2.30. The predicted octanol–water partition coefficient (Wildman–Crippen LogP) is 5.38. The van der Waals surface area contributed by atoms with Gasteiger partial charge in [0, 0.05) is 12.0 Å². The van der Waals surface area contributed by atoms with E-state index in [1.54, 1.807) is 6.92 Å². The predicted molar refractivity (Wildman–Crippen MR) is 113 cm³/mol. The van der Waals surface area contributed by atoms with E-state index in [0.29, 0.717) is 25.3 Å². The summed E-state index contributed by atoms with van der Waals surface area (Å²) in [7, 11) is 0. The molecule has 0 spiro atoms. The Labute approximate surface area is 189 Å². The van der Waals surface area contributed by atoms with E-state index in [1.807, 2.05) is 13.8 Å². The second-order valence-electron chi connectivity index (χ2n) is 6.76. The molecular weight excluding hydrogens is 483 g/mol. The summed E-state index contributed by atoms with van der Waals surface area (Å²) in [5.74, 6) is 0.494. The first-order valence-corrected chi connectivity index (χ1v) is 10.4. The molecule has 5 nitrogen and oxygen atoms in total. The maximum atomic E-state index is 9.55. The zero-order valence-corrected chi connectivity index (χ0v) is 19.7. The van der Waals surface area contributed by atoms with Crippen LogP contribution in [0.2, 0.25) is 0 Å². The van der Waals surface area contributed by atoms with Gasteiger partial charge in [-0.3, -0.25) is 0 Å². The number of ether oxygens (including phenoxy) is 3. The number of alkyl halides is 6. The molecule has 0 fully saturated rings. The van der Waals surface area contributed by atoms with Crippen LogP contribution in [-0.2, 0) is 14.2 Å². The number of halogens is 6. The molecule has 0 saturated heterocycles. The minimum atomic E-state index is -1.61. The number of aliphatic hydroxyl groups is 1. The van der Waals surface area contributed by atoms with E-state index in [1.165, 1.54) is 0 Å². The second-order valence-corrected chi connectivity index (χ2v) is 11.8. The highest BCUT2D eigenvalue weighted by Crippen LogP contribution is 2.31. The monoisotopic (exact) mass is 503 g/mol. The van der Waals surface area contributed by atoms with E-state index in [9.17, 15) is 5.11 Å². The number of hydrogen-bond acceptors (Lipinski definition) is 5. The molecule has 0 aromatic carbocycles. The Morgan fingerprint density at radius 1 is 1.15 bits per heavy atom. The molecule has 1 heterocycles. The Morgan fingerprint density at radius 2 is 1.67 bits per heavy atom. The van der Waals surface area contributed by atoms with E-state index in [4.69, 9.17) is 83.8 Å². The van der Waals surface area contributed by atoms with Gasteiger partial charge in [0.25, 0.3) is 0 Å². The molecule has 0 unspecified atom stereocenters. The van der Waals surface area contributed by atoms with Crippen LogP contribution in [0.15, 0.2) is 16.1 Å². The zero-order valence-electron chi connectivity index (χ0n) is 15.2. The Morgan fingerprint density at radius 3 is 2.04 bits per heavy atom. The molecule has 27 heavy (non-hydrogen) atoms. The smallest absolute Gasteiger partial charge is 0.213 e. The lowest BCUT2D eigenvalue weighted by atomic mass is 10.0. The first-order valence-electron chi connectivity index (χ1n) is 8.11. The van der Waals surface area contributed by atoms with E-state index >= 15 is 0 Å². The lowest BCUT2D eigenvalue weighted by Gasteiger charge is -2.23. The summed E-state index contributed by atoms with van der Waals surface area (Å²) in [6.07, 6.45) is -0.0180. The van der Waals surface area contributed by atoms with Gasteiger partial charge >= 0.3 is 0 Å². The summed E-state index contributed by atoms with van der Waals surface area (Å²) in [6.45, 7) is 5.64. The van der Waals surface area contributed by atoms with Gasteiger partial charge < -0.3 is 19.3 Å². The lowest BCUT2D eigenvalue weighted by molar-refractivity contribution is -0.143. The Balaban J connectivity index is 2.84. The molecule has 0 aromatic rings. The molecular formula is C16H23Cl6NO4. The van der Waals surface area contributed by atoms with Crippen molar-refractivity contribution in [1.82, 2.24) is 0 Å². The van der Waals surface area contributed by atoms with Gasteiger partial charge in [-0.2, -0.15) is 0 Å². The Bertz CT molecular complexity index is 536. The summed E-state index contributed by atoms with van der Waals surface area (Å²) in [5.41, 5.74) is 1.17. The van der Waals surface area contributed by atoms with E-state index in [0.717, 1.165) is 11.1 Å². The molecule has 1 rings (SSSR count). The number of nitrogens with zero attached hydrogens (tertiary/aromatic N) is 1. The summed E-state index contributed by atoms with van der Waals surface area (Å²) >= 11 is 34.4. The van der Waals surface area contributed by atoms with Crippen molar-refractivity contribution in [2.24, 2.45) is 4.99 Å². The van der Waals surface area contributed by atoms with Gasteiger partial charge in [-0.1, -0.05) is 69.6 Å². The van der Waals surface area contributed by atoms with Crippen LogP contribution in [0.5, 0.6) is 0 Å². The molecule has 158 valence electrons.